The molecule has 160 valence electrons. The molecular formula is C21H33Cl2N2O3-. The molecule has 2 N–H and O–H groups in total. The van der Waals surface area contributed by atoms with Gasteiger partial charge in [-0.3, -0.25) is 4.79 Å². The second-order valence-electron chi connectivity index (χ2n) is 8.14. The summed E-state index contributed by atoms with van der Waals surface area (Å²) < 4.78 is 11.4. The maximum atomic E-state index is 12.0. The normalized spacial score (nSPS) is 14.9. The molecule has 0 atom stereocenters. The summed E-state index contributed by atoms with van der Waals surface area (Å²) in [6.45, 7) is 8.84. The summed E-state index contributed by atoms with van der Waals surface area (Å²) in [5.41, 5.74) is 0.752. The highest BCUT2D eigenvalue weighted by Gasteiger charge is 2.18. The number of benzene rings is 1. The average Bonchev–Trinajstić information content (AvgIpc) is 2.59. The molecule has 1 saturated carbocycles. The fourth-order valence-corrected chi connectivity index (χ4v) is 3.58. The number of halogens is 2. The molecule has 0 saturated heterocycles. The zero-order chi connectivity index (χ0) is 19.9. The number of hydrogen-bond donors (Lipinski definition) is 2. The largest absolute Gasteiger partial charge is 1.00 e. The summed E-state index contributed by atoms with van der Waals surface area (Å²) in [5, 5.41) is 6.94. The number of carbonyl (C=O) groups is 1. The standard InChI is InChI=1S/C21H33ClN2O3.ClH/c1-5-26-18-12-15(13-23-16-9-7-6-8-10-16)11-17(22)20(18)27-14-19(25)24-21(2,3)4;/h11-12,16,23H,5-10,13-14H2,1-4H3,(H,24,25);1H/p-1. The van der Waals surface area contributed by atoms with Crippen LogP contribution in [0.1, 0.15) is 65.4 Å². The molecule has 0 unspecified atom stereocenters. The smallest absolute Gasteiger partial charge is 0.258 e. The molecular weight excluding hydrogens is 399 g/mol. The Kier molecular flexibility index (Phi) is 10.4. The van der Waals surface area contributed by atoms with Gasteiger partial charge in [-0.05, 0) is 58.2 Å². The minimum Gasteiger partial charge on any atom is -1.00 e. The molecule has 7 heteroatoms. The Balaban J connectivity index is 0.00000392. The molecule has 0 radical (unpaired) electrons. The van der Waals surface area contributed by atoms with Crippen molar-refractivity contribution < 1.29 is 26.7 Å². The first-order valence-corrected chi connectivity index (χ1v) is 10.3. The van der Waals surface area contributed by atoms with Crippen molar-refractivity contribution in [3.05, 3.63) is 22.7 Å². The molecule has 0 spiro atoms. The maximum Gasteiger partial charge on any atom is 0.258 e. The quantitative estimate of drug-likeness (QED) is 0.653. The van der Waals surface area contributed by atoms with Gasteiger partial charge < -0.3 is 32.5 Å². The van der Waals surface area contributed by atoms with Crippen molar-refractivity contribution in [3.8, 4) is 11.5 Å². The second-order valence-corrected chi connectivity index (χ2v) is 8.55. The van der Waals surface area contributed by atoms with Gasteiger partial charge >= 0.3 is 0 Å². The topological polar surface area (TPSA) is 59.6 Å². The summed E-state index contributed by atoms with van der Waals surface area (Å²) in [4.78, 5) is 12.0. The van der Waals surface area contributed by atoms with Crippen LogP contribution in [0.2, 0.25) is 5.02 Å². The Morgan fingerprint density at radius 2 is 1.86 bits per heavy atom. The zero-order valence-electron chi connectivity index (χ0n) is 17.4. The Bertz CT molecular complexity index is 627. The first-order valence-electron chi connectivity index (χ1n) is 9.91. The lowest BCUT2D eigenvalue weighted by atomic mass is 9.95. The third-order valence-electron chi connectivity index (χ3n) is 4.43. The van der Waals surface area contributed by atoms with Crippen molar-refractivity contribution in [1.29, 1.82) is 0 Å². The number of hydrogen-bond acceptors (Lipinski definition) is 4. The molecule has 1 aliphatic rings. The van der Waals surface area contributed by atoms with E-state index in [9.17, 15) is 4.79 Å². The van der Waals surface area contributed by atoms with E-state index in [1.54, 1.807) is 0 Å². The summed E-state index contributed by atoms with van der Waals surface area (Å²) in [7, 11) is 0. The molecule has 5 nitrogen and oxygen atoms in total. The minimum atomic E-state index is -0.304. The van der Waals surface area contributed by atoms with Crippen LogP contribution in [0, 0.1) is 0 Å². The minimum absolute atomic E-state index is 0. The monoisotopic (exact) mass is 431 g/mol. The van der Waals surface area contributed by atoms with Crippen LogP contribution in [-0.4, -0.2) is 30.7 Å². The van der Waals surface area contributed by atoms with E-state index in [2.05, 4.69) is 10.6 Å². The molecule has 0 heterocycles. The van der Waals surface area contributed by atoms with Gasteiger partial charge in [0.1, 0.15) is 0 Å². The zero-order valence-corrected chi connectivity index (χ0v) is 18.9. The highest BCUT2D eigenvalue weighted by Crippen LogP contribution is 2.37. The van der Waals surface area contributed by atoms with Crippen LogP contribution in [0.5, 0.6) is 11.5 Å². The van der Waals surface area contributed by atoms with Crippen LogP contribution >= 0.6 is 11.6 Å². The Morgan fingerprint density at radius 1 is 1.18 bits per heavy atom. The van der Waals surface area contributed by atoms with Crippen LogP contribution < -0.4 is 32.5 Å². The lowest BCUT2D eigenvalue weighted by Gasteiger charge is -2.23. The van der Waals surface area contributed by atoms with Gasteiger partial charge in [0.15, 0.2) is 18.1 Å². The van der Waals surface area contributed by atoms with Crippen molar-refractivity contribution in [2.75, 3.05) is 13.2 Å². The van der Waals surface area contributed by atoms with E-state index in [1.807, 2.05) is 39.8 Å². The maximum absolute atomic E-state index is 12.0. The fourth-order valence-electron chi connectivity index (χ4n) is 3.29. The first kappa shape index (κ1) is 24.9. The molecule has 0 aliphatic heterocycles. The van der Waals surface area contributed by atoms with Gasteiger partial charge in [0, 0.05) is 18.1 Å². The van der Waals surface area contributed by atoms with Crippen LogP contribution in [0.3, 0.4) is 0 Å². The van der Waals surface area contributed by atoms with E-state index in [4.69, 9.17) is 21.1 Å². The number of ether oxygens (including phenoxy) is 2. The number of nitrogens with one attached hydrogen (secondary N) is 2. The molecule has 1 fully saturated rings. The lowest BCUT2D eigenvalue weighted by Crippen LogP contribution is -3.00. The third-order valence-corrected chi connectivity index (χ3v) is 4.71. The number of carbonyl (C=O) groups excluding carboxylic acids is 1. The van der Waals surface area contributed by atoms with E-state index in [0.29, 0.717) is 29.2 Å². The van der Waals surface area contributed by atoms with Crippen molar-refractivity contribution in [2.24, 2.45) is 0 Å². The predicted octanol–water partition coefficient (Wildman–Crippen LogP) is 1.46. The highest BCUT2D eigenvalue weighted by molar-refractivity contribution is 6.32. The number of amides is 1. The Morgan fingerprint density at radius 3 is 2.46 bits per heavy atom. The highest BCUT2D eigenvalue weighted by atomic mass is 35.5. The van der Waals surface area contributed by atoms with E-state index in [-0.39, 0.29) is 30.5 Å². The average molecular weight is 432 g/mol. The van der Waals surface area contributed by atoms with Gasteiger partial charge in [0.2, 0.25) is 0 Å². The molecule has 1 amide bonds. The van der Waals surface area contributed by atoms with Gasteiger partial charge in [-0.15, -0.1) is 0 Å². The molecule has 0 bridgehead atoms. The molecule has 2 rings (SSSR count). The van der Waals surface area contributed by atoms with Crippen molar-refractivity contribution in [3.63, 3.8) is 0 Å². The molecule has 0 aromatic heterocycles. The molecule has 28 heavy (non-hydrogen) atoms. The van der Waals surface area contributed by atoms with Crippen molar-refractivity contribution in [2.45, 2.75) is 77.9 Å². The van der Waals surface area contributed by atoms with Gasteiger partial charge in [0.25, 0.3) is 5.91 Å². The SMILES string of the molecule is CCOc1cc(CNC2CCCCC2)cc(Cl)c1OCC(=O)NC(C)(C)C.[Cl-]. The summed E-state index contributed by atoms with van der Waals surface area (Å²) in [6.07, 6.45) is 6.40. The fraction of sp³-hybridized carbons (Fsp3) is 0.667. The van der Waals surface area contributed by atoms with Crippen LogP contribution in [0.4, 0.5) is 0 Å². The van der Waals surface area contributed by atoms with Gasteiger partial charge in [-0.2, -0.15) is 0 Å². The molecule has 1 aromatic rings. The summed E-state index contributed by atoms with van der Waals surface area (Å²) in [6, 6.07) is 4.41. The van der Waals surface area contributed by atoms with E-state index >= 15 is 0 Å². The van der Waals surface area contributed by atoms with Crippen LogP contribution in [0.15, 0.2) is 12.1 Å². The number of rotatable bonds is 8. The van der Waals surface area contributed by atoms with Crippen molar-refractivity contribution >= 4 is 17.5 Å². The van der Waals surface area contributed by atoms with Gasteiger partial charge in [-0.25, -0.2) is 0 Å². The van der Waals surface area contributed by atoms with E-state index in [1.165, 1.54) is 32.1 Å². The summed E-state index contributed by atoms with van der Waals surface area (Å²) in [5.74, 6) is 0.807. The van der Waals surface area contributed by atoms with E-state index in [0.717, 1.165) is 12.1 Å². The lowest BCUT2D eigenvalue weighted by molar-refractivity contribution is -0.124. The first-order chi connectivity index (χ1) is 12.8. The second kappa shape index (κ2) is 11.7. The summed E-state index contributed by atoms with van der Waals surface area (Å²) >= 11 is 6.44. The molecule has 1 aromatic carbocycles. The van der Waals surface area contributed by atoms with Crippen LogP contribution in [0.25, 0.3) is 0 Å². The van der Waals surface area contributed by atoms with Gasteiger partial charge in [-0.1, -0.05) is 30.9 Å². The van der Waals surface area contributed by atoms with Crippen molar-refractivity contribution in [1.82, 2.24) is 10.6 Å². The molecule has 1 aliphatic carbocycles. The van der Waals surface area contributed by atoms with Crippen LogP contribution in [-0.2, 0) is 11.3 Å². The predicted molar refractivity (Wildman–Crippen MR) is 110 cm³/mol. The van der Waals surface area contributed by atoms with Gasteiger partial charge in [0.05, 0.1) is 11.6 Å². The Labute approximate surface area is 180 Å². The third kappa shape index (κ3) is 8.46. The van der Waals surface area contributed by atoms with E-state index < -0.39 is 0 Å². The Hall–Kier alpha value is -1.17.